The fourth-order valence-corrected chi connectivity index (χ4v) is 4.86. The summed E-state index contributed by atoms with van der Waals surface area (Å²) in [6.45, 7) is 4.53. The molecule has 2 heterocycles. The van der Waals surface area contributed by atoms with E-state index in [-0.39, 0.29) is 24.4 Å². The summed E-state index contributed by atoms with van der Waals surface area (Å²) in [6, 6.07) is 12.0. The van der Waals surface area contributed by atoms with Gasteiger partial charge >= 0.3 is 0 Å². The number of fused-ring (bicyclic) bond motifs is 3. The number of methoxy groups -OCH3 is 1. The predicted octanol–water partition coefficient (Wildman–Crippen LogP) is 3.43. The van der Waals surface area contributed by atoms with Crippen LogP contribution in [0.1, 0.15) is 46.3 Å². The molecule has 194 valence electrons. The average molecular weight is 514 g/mol. The molecule has 2 aromatic rings. The highest BCUT2D eigenvalue weighted by Crippen LogP contribution is 2.42. The molecule has 9 heteroatoms. The highest BCUT2D eigenvalue weighted by Gasteiger charge is 2.36. The van der Waals surface area contributed by atoms with E-state index in [1.54, 1.807) is 19.1 Å². The van der Waals surface area contributed by atoms with Gasteiger partial charge in [0.25, 0.3) is 5.91 Å². The molecular weight excluding hydrogens is 478 g/mol. The molecule has 1 N–H and O–H groups in total. The van der Waals surface area contributed by atoms with Gasteiger partial charge in [0.05, 0.1) is 25.5 Å². The first-order valence-electron chi connectivity index (χ1n) is 12.0. The number of benzene rings is 2. The van der Waals surface area contributed by atoms with Crippen molar-refractivity contribution in [2.75, 3.05) is 55.0 Å². The summed E-state index contributed by atoms with van der Waals surface area (Å²) in [7, 11) is 9.16. The molecule has 0 saturated carbocycles. The van der Waals surface area contributed by atoms with Crippen LogP contribution in [-0.4, -0.2) is 88.4 Å². The van der Waals surface area contributed by atoms with Crippen molar-refractivity contribution in [3.05, 3.63) is 58.7 Å². The van der Waals surface area contributed by atoms with E-state index < -0.39 is 0 Å². The van der Waals surface area contributed by atoms with E-state index >= 15 is 0 Å². The number of nitrogens with one attached hydrogen (secondary N) is 1. The molecule has 2 aliphatic heterocycles. The maximum atomic E-state index is 12.7. The summed E-state index contributed by atoms with van der Waals surface area (Å²) in [5.74, 6) is 2.08. The topological polar surface area (TPSA) is 78.8 Å². The van der Waals surface area contributed by atoms with E-state index in [4.69, 9.17) is 14.5 Å². The minimum atomic E-state index is -0.199. The molecule has 8 nitrogen and oxygen atoms in total. The van der Waals surface area contributed by atoms with Crippen molar-refractivity contribution in [2.24, 2.45) is 9.98 Å². The van der Waals surface area contributed by atoms with Crippen LogP contribution in [0.25, 0.3) is 0 Å². The lowest BCUT2D eigenvalue weighted by atomic mass is 9.79. The maximum Gasteiger partial charge on any atom is 0.257 e. The Kier molecular flexibility index (Phi) is 8.98. The summed E-state index contributed by atoms with van der Waals surface area (Å²) >= 11 is 0. The van der Waals surface area contributed by atoms with Crippen LogP contribution in [0.2, 0.25) is 0 Å². The van der Waals surface area contributed by atoms with Crippen LogP contribution < -0.4 is 14.8 Å². The van der Waals surface area contributed by atoms with E-state index in [2.05, 4.69) is 28.3 Å². The van der Waals surface area contributed by atoms with E-state index in [0.717, 1.165) is 42.1 Å². The molecule has 2 aliphatic rings. The molecule has 0 radical (unpaired) electrons. The summed E-state index contributed by atoms with van der Waals surface area (Å²) < 4.78 is 11.6. The Labute approximate surface area is 219 Å². The van der Waals surface area contributed by atoms with Crippen molar-refractivity contribution in [1.82, 2.24) is 15.1 Å². The number of hydrogen-bond donors (Lipinski definition) is 1. The van der Waals surface area contributed by atoms with Crippen LogP contribution >= 0.6 is 12.4 Å². The molecule has 36 heavy (non-hydrogen) atoms. The lowest BCUT2D eigenvalue weighted by Crippen LogP contribution is -2.42. The monoisotopic (exact) mass is 513 g/mol. The summed E-state index contributed by atoms with van der Waals surface area (Å²) in [5, 5.41) is 2.84. The zero-order valence-corrected chi connectivity index (χ0v) is 22.7. The molecular formula is C27H36ClN5O3. The second-order valence-corrected chi connectivity index (χ2v) is 9.20. The molecule has 0 aromatic heterocycles. The van der Waals surface area contributed by atoms with Gasteiger partial charge < -0.3 is 19.3 Å². The van der Waals surface area contributed by atoms with Gasteiger partial charge in [0.15, 0.2) is 17.5 Å². The van der Waals surface area contributed by atoms with Crippen molar-refractivity contribution in [3.8, 4) is 11.5 Å². The number of amides is 1. The smallest absolute Gasteiger partial charge is 0.257 e. The Morgan fingerprint density at radius 2 is 1.94 bits per heavy atom. The molecule has 1 saturated heterocycles. The largest absolute Gasteiger partial charge is 0.493 e. The van der Waals surface area contributed by atoms with Gasteiger partial charge in [-0.15, -0.1) is 12.4 Å². The first-order chi connectivity index (χ1) is 16.9. The zero-order valence-electron chi connectivity index (χ0n) is 21.9. The fraction of sp³-hybridized carbons (Fsp3) is 0.444. The maximum absolute atomic E-state index is 12.7. The van der Waals surface area contributed by atoms with Crippen molar-refractivity contribution in [3.63, 3.8) is 0 Å². The van der Waals surface area contributed by atoms with Crippen molar-refractivity contribution in [1.29, 1.82) is 0 Å². The van der Waals surface area contributed by atoms with Gasteiger partial charge in [0, 0.05) is 50.3 Å². The summed E-state index contributed by atoms with van der Waals surface area (Å²) in [4.78, 5) is 26.2. The standard InChI is InChI=1S/C27H35N5O3.ClH/c1-7-35-24-14-19-20(15-23(24)34-6)25(29-22-12-13-32(5)16-21(19)22)17-8-10-18(11-9-17)26(33)30-27(28-2)31(3)4;/h8-11,14-15,21-22H,7,12-13,16H2,1-6H3,(H,28,30,33);1H. The summed E-state index contributed by atoms with van der Waals surface area (Å²) in [5.41, 5.74) is 4.78. The number of aliphatic imine (C=N–C) groups is 2. The van der Waals surface area contributed by atoms with Crippen molar-refractivity contribution in [2.45, 2.75) is 25.3 Å². The van der Waals surface area contributed by atoms with Crippen LogP contribution in [0.3, 0.4) is 0 Å². The SMILES string of the molecule is CCOc1cc2c(cc1OC)C(c1ccc(C(=O)NC(=NC)N(C)C)cc1)=NC1CCN(C)CC21.Cl. The minimum absolute atomic E-state index is 0. The van der Waals surface area contributed by atoms with Crippen molar-refractivity contribution >= 4 is 30.0 Å². The lowest BCUT2D eigenvalue weighted by Gasteiger charge is -2.39. The van der Waals surface area contributed by atoms with Gasteiger partial charge in [-0.25, -0.2) is 0 Å². The molecule has 0 bridgehead atoms. The number of likely N-dealkylation sites (tertiary alicyclic amines) is 1. The number of rotatable bonds is 5. The molecule has 4 rings (SSSR count). The van der Waals surface area contributed by atoms with Gasteiger partial charge in [-0.05, 0) is 56.8 Å². The van der Waals surface area contributed by atoms with Crippen LogP contribution in [0.4, 0.5) is 0 Å². The highest BCUT2D eigenvalue weighted by atomic mass is 35.5. The van der Waals surface area contributed by atoms with Gasteiger partial charge in [-0.2, -0.15) is 0 Å². The quantitative estimate of drug-likeness (QED) is 0.489. The molecule has 1 amide bonds. The van der Waals surface area contributed by atoms with Gasteiger partial charge in [-0.3, -0.25) is 20.1 Å². The van der Waals surface area contributed by atoms with Crippen LogP contribution in [-0.2, 0) is 0 Å². The van der Waals surface area contributed by atoms with Crippen LogP contribution in [0.5, 0.6) is 11.5 Å². The highest BCUT2D eigenvalue weighted by molar-refractivity contribution is 6.15. The Balaban J connectivity index is 0.00000361. The van der Waals surface area contributed by atoms with E-state index in [1.165, 1.54) is 5.56 Å². The third kappa shape index (κ3) is 5.50. The Bertz CT molecular complexity index is 1150. The molecule has 0 aliphatic carbocycles. The fourth-order valence-electron chi connectivity index (χ4n) is 4.86. The number of nitrogens with zero attached hydrogens (tertiary/aromatic N) is 4. The molecule has 2 aromatic carbocycles. The number of carbonyl (C=O) groups is 1. The minimum Gasteiger partial charge on any atom is -0.493 e. The van der Waals surface area contributed by atoms with Gasteiger partial charge in [-0.1, -0.05) is 12.1 Å². The normalized spacial score (nSPS) is 19.3. The Hall–Kier alpha value is -3.10. The number of carbonyl (C=O) groups excluding carboxylic acids is 1. The van der Waals surface area contributed by atoms with E-state index in [1.807, 2.05) is 51.4 Å². The number of halogens is 1. The third-order valence-corrected chi connectivity index (χ3v) is 6.65. The first-order valence-corrected chi connectivity index (χ1v) is 12.0. The summed E-state index contributed by atoms with van der Waals surface area (Å²) in [6.07, 6.45) is 1.00. The number of guanidine groups is 1. The van der Waals surface area contributed by atoms with Crippen LogP contribution in [0, 0.1) is 0 Å². The molecule has 2 atom stereocenters. The predicted molar refractivity (Wildman–Crippen MR) is 147 cm³/mol. The second kappa shape index (κ2) is 11.8. The van der Waals surface area contributed by atoms with E-state index in [9.17, 15) is 4.79 Å². The van der Waals surface area contributed by atoms with Gasteiger partial charge in [0.2, 0.25) is 0 Å². The Morgan fingerprint density at radius 3 is 2.56 bits per heavy atom. The van der Waals surface area contributed by atoms with Crippen molar-refractivity contribution < 1.29 is 14.3 Å². The first kappa shape index (κ1) is 27.5. The number of hydrogen-bond acceptors (Lipinski definition) is 6. The molecule has 1 fully saturated rings. The van der Waals surface area contributed by atoms with Crippen LogP contribution in [0.15, 0.2) is 46.4 Å². The third-order valence-electron chi connectivity index (χ3n) is 6.65. The second-order valence-electron chi connectivity index (χ2n) is 9.20. The molecule has 2 unspecified atom stereocenters. The lowest BCUT2D eigenvalue weighted by molar-refractivity contribution is 0.0973. The molecule has 0 spiro atoms. The zero-order chi connectivity index (χ0) is 25.1. The number of piperidine rings is 1. The van der Waals surface area contributed by atoms with Gasteiger partial charge in [0.1, 0.15) is 0 Å². The number of likely N-dealkylation sites (N-methyl/N-ethyl adjacent to an activating group) is 1. The number of ether oxygens (including phenoxy) is 2. The Morgan fingerprint density at radius 1 is 1.22 bits per heavy atom. The van der Waals surface area contributed by atoms with E-state index in [0.29, 0.717) is 29.8 Å². The average Bonchev–Trinajstić information content (AvgIpc) is 2.86.